The van der Waals surface area contributed by atoms with Gasteiger partial charge in [-0.2, -0.15) is 0 Å². The van der Waals surface area contributed by atoms with E-state index in [0.29, 0.717) is 32.4 Å². The number of nitrogens with one attached hydrogen (secondary N) is 1. The Morgan fingerprint density at radius 2 is 1.92 bits per heavy atom. The van der Waals surface area contributed by atoms with Gasteiger partial charge in [0.1, 0.15) is 0 Å². The van der Waals surface area contributed by atoms with E-state index in [1.807, 2.05) is 37.3 Å². The van der Waals surface area contributed by atoms with Gasteiger partial charge in [0, 0.05) is 31.6 Å². The number of nitrogens with two attached hydrogens (primary N) is 1. The fraction of sp³-hybridized carbons (Fsp3) is 0.588. The minimum Gasteiger partial charge on any atom is -0.343 e. The summed E-state index contributed by atoms with van der Waals surface area (Å²) in [7, 11) is -3.20. The van der Waals surface area contributed by atoms with Crippen LogP contribution in [0.1, 0.15) is 44.2 Å². The fourth-order valence-electron chi connectivity index (χ4n) is 2.96. The first-order chi connectivity index (χ1) is 11.4. The minimum atomic E-state index is -3.20. The number of hydrogen-bond acceptors (Lipinski definition) is 4. The van der Waals surface area contributed by atoms with Crippen LogP contribution in [0.2, 0.25) is 0 Å². The van der Waals surface area contributed by atoms with Gasteiger partial charge in [-0.3, -0.25) is 4.79 Å². The van der Waals surface area contributed by atoms with Crippen molar-refractivity contribution in [2.24, 2.45) is 5.73 Å². The van der Waals surface area contributed by atoms with Gasteiger partial charge in [-0.25, -0.2) is 13.1 Å². The summed E-state index contributed by atoms with van der Waals surface area (Å²) in [5.74, 6) is 0.180. The predicted octanol–water partition coefficient (Wildman–Crippen LogP) is 1.40. The van der Waals surface area contributed by atoms with E-state index in [1.54, 1.807) is 4.90 Å². The zero-order chi connectivity index (χ0) is 17.6. The molecule has 6 nitrogen and oxygen atoms in total. The molecule has 1 aliphatic rings. The standard InChI is InChI=1S/C17H27N3O3S/c1-2-12-24(22,23)19-15-8-10-20(11-9-15)17(21)13-16(18)14-6-4-3-5-7-14/h3-7,15-16,19H,2,8-13,18H2,1H3. The van der Waals surface area contributed by atoms with Gasteiger partial charge in [0.2, 0.25) is 15.9 Å². The Balaban J connectivity index is 1.80. The van der Waals surface area contributed by atoms with E-state index in [0.717, 1.165) is 5.56 Å². The molecule has 1 aromatic carbocycles. The highest BCUT2D eigenvalue weighted by molar-refractivity contribution is 7.89. The second-order valence-corrected chi connectivity index (χ2v) is 8.19. The van der Waals surface area contributed by atoms with Crippen molar-refractivity contribution in [1.82, 2.24) is 9.62 Å². The lowest BCUT2D eigenvalue weighted by molar-refractivity contribution is -0.132. The molecule has 0 spiro atoms. The molecule has 1 atom stereocenters. The van der Waals surface area contributed by atoms with Crippen LogP contribution in [0.5, 0.6) is 0 Å². The van der Waals surface area contributed by atoms with Gasteiger partial charge in [-0.05, 0) is 24.8 Å². The summed E-state index contributed by atoms with van der Waals surface area (Å²) < 4.78 is 26.3. The van der Waals surface area contributed by atoms with E-state index < -0.39 is 10.0 Å². The van der Waals surface area contributed by atoms with Crippen molar-refractivity contribution in [3.05, 3.63) is 35.9 Å². The quantitative estimate of drug-likeness (QED) is 0.775. The van der Waals surface area contributed by atoms with Crippen molar-refractivity contribution in [2.45, 2.75) is 44.7 Å². The van der Waals surface area contributed by atoms with Gasteiger partial charge in [0.25, 0.3) is 0 Å². The van der Waals surface area contributed by atoms with Crippen molar-refractivity contribution in [2.75, 3.05) is 18.8 Å². The lowest BCUT2D eigenvalue weighted by Gasteiger charge is -2.33. The molecule has 0 radical (unpaired) electrons. The first kappa shape index (κ1) is 18.9. The monoisotopic (exact) mass is 353 g/mol. The van der Waals surface area contributed by atoms with Crippen LogP contribution in [0.3, 0.4) is 0 Å². The van der Waals surface area contributed by atoms with Gasteiger partial charge >= 0.3 is 0 Å². The van der Waals surface area contributed by atoms with Crippen molar-refractivity contribution in [3.63, 3.8) is 0 Å². The molecule has 134 valence electrons. The van der Waals surface area contributed by atoms with E-state index in [4.69, 9.17) is 5.73 Å². The third-order valence-corrected chi connectivity index (χ3v) is 5.93. The molecule has 1 amide bonds. The first-order valence-corrected chi connectivity index (χ1v) is 10.1. The number of carbonyl (C=O) groups is 1. The summed E-state index contributed by atoms with van der Waals surface area (Å²) in [4.78, 5) is 14.2. The molecule has 2 rings (SSSR count). The largest absolute Gasteiger partial charge is 0.343 e. The number of piperidine rings is 1. The molecular weight excluding hydrogens is 326 g/mol. The van der Waals surface area contributed by atoms with E-state index in [1.165, 1.54) is 0 Å². The number of carbonyl (C=O) groups excluding carboxylic acids is 1. The Bertz CT molecular complexity index is 626. The zero-order valence-corrected chi connectivity index (χ0v) is 15.0. The SMILES string of the molecule is CCCS(=O)(=O)NC1CCN(C(=O)CC(N)c2ccccc2)CC1. The predicted molar refractivity (Wildman–Crippen MR) is 94.8 cm³/mol. The highest BCUT2D eigenvalue weighted by atomic mass is 32.2. The number of benzene rings is 1. The molecule has 0 bridgehead atoms. The summed E-state index contributed by atoms with van der Waals surface area (Å²) in [5, 5.41) is 0. The molecule has 1 heterocycles. The lowest BCUT2D eigenvalue weighted by Crippen LogP contribution is -2.47. The van der Waals surface area contributed by atoms with Crippen molar-refractivity contribution < 1.29 is 13.2 Å². The third-order valence-electron chi connectivity index (χ3n) is 4.29. The fourth-order valence-corrected chi connectivity index (χ4v) is 4.36. The number of sulfonamides is 1. The minimum absolute atomic E-state index is 0.0289. The average molecular weight is 353 g/mol. The maximum absolute atomic E-state index is 12.4. The van der Waals surface area contributed by atoms with Crippen LogP contribution in [0.25, 0.3) is 0 Å². The molecule has 1 aromatic rings. The van der Waals surface area contributed by atoms with Crippen LogP contribution < -0.4 is 10.5 Å². The Kier molecular flexibility index (Phi) is 6.77. The van der Waals surface area contributed by atoms with Gasteiger partial charge in [-0.15, -0.1) is 0 Å². The maximum Gasteiger partial charge on any atom is 0.224 e. The molecule has 0 aliphatic carbocycles. The first-order valence-electron chi connectivity index (χ1n) is 8.49. The molecule has 3 N–H and O–H groups in total. The van der Waals surface area contributed by atoms with Crippen molar-refractivity contribution in [3.8, 4) is 0 Å². The van der Waals surface area contributed by atoms with Crippen molar-refractivity contribution in [1.29, 1.82) is 0 Å². The van der Waals surface area contributed by atoms with Gasteiger partial charge in [0.05, 0.1) is 5.75 Å². The van der Waals surface area contributed by atoms with Crippen LogP contribution >= 0.6 is 0 Å². The second kappa shape index (κ2) is 8.60. The summed E-state index contributed by atoms with van der Waals surface area (Å²) in [6, 6.07) is 9.20. The average Bonchev–Trinajstić information content (AvgIpc) is 2.55. The highest BCUT2D eigenvalue weighted by Crippen LogP contribution is 2.18. The van der Waals surface area contributed by atoms with Crippen LogP contribution in [0.4, 0.5) is 0 Å². The number of rotatable bonds is 7. The van der Waals surface area contributed by atoms with E-state index in [2.05, 4.69) is 4.72 Å². The topological polar surface area (TPSA) is 92.5 Å². The second-order valence-electron chi connectivity index (χ2n) is 6.31. The molecule has 7 heteroatoms. The summed E-state index contributed by atoms with van der Waals surface area (Å²) in [5.41, 5.74) is 7.06. The molecule has 0 saturated carbocycles. The van der Waals surface area contributed by atoms with Gasteiger partial charge < -0.3 is 10.6 Å². The van der Waals surface area contributed by atoms with Crippen LogP contribution in [0.15, 0.2) is 30.3 Å². The van der Waals surface area contributed by atoms with Gasteiger partial charge in [0.15, 0.2) is 0 Å². The molecule has 1 unspecified atom stereocenters. The molecule has 1 fully saturated rings. The molecule has 1 aliphatic heterocycles. The Labute approximate surface area is 144 Å². The number of hydrogen-bond donors (Lipinski definition) is 2. The number of nitrogens with zero attached hydrogens (tertiary/aromatic N) is 1. The van der Waals surface area contributed by atoms with E-state index >= 15 is 0 Å². The van der Waals surface area contributed by atoms with Crippen LogP contribution in [0, 0.1) is 0 Å². The van der Waals surface area contributed by atoms with E-state index in [9.17, 15) is 13.2 Å². The van der Waals surface area contributed by atoms with Gasteiger partial charge in [-0.1, -0.05) is 37.3 Å². The molecular formula is C17H27N3O3S. The van der Waals surface area contributed by atoms with E-state index in [-0.39, 0.29) is 30.2 Å². The third kappa shape index (κ3) is 5.58. The maximum atomic E-state index is 12.4. The zero-order valence-electron chi connectivity index (χ0n) is 14.1. The highest BCUT2D eigenvalue weighted by Gasteiger charge is 2.26. The Morgan fingerprint density at radius 3 is 2.50 bits per heavy atom. The lowest BCUT2D eigenvalue weighted by atomic mass is 10.0. The number of likely N-dealkylation sites (tertiary alicyclic amines) is 1. The molecule has 0 aromatic heterocycles. The normalized spacial score (nSPS) is 17.7. The summed E-state index contributed by atoms with van der Waals surface area (Å²) in [6.07, 6.45) is 2.17. The Morgan fingerprint density at radius 1 is 1.29 bits per heavy atom. The molecule has 24 heavy (non-hydrogen) atoms. The van der Waals surface area contributed by atoms with Crippen LogP contribution in [-0.4, -0.2) is 44.1 Å². The van der Waals surface area contributed by atoms with Crippen molar-refractivity contribution >= 4 is 15.9 Å². The summed E-state index contributed by atoms with van der Waals surface area (Å²) >= 11 is 0. The summed E-state index contributed by atoms with van der Waals surface area (Å²) in [6.45, 7) is 2.98. The Hall–Kier alpha value is -1.44. The smallest absolute Gasteiger partial charge is 0.224 e. The molecule has 1 saturated heterocycles. The van der Waals surface area contributed by atoms with Crippen LogP contribution in [-0.2, 0) is 14.8 Å². The number of amides is 1.